The Morgan fingerprint density at radius 2 is 1.81 bits per heavy atom. The maximum absolute atomic E-state index is 10.9. The Labute approximate surface area is 124 Å². The van der Waals surface area contributed by atoms with Gasteiger partial charge in [-0.25, -0.2) is 4.79 Å². The SMILES string of the molecule is O=C(O)c1cccc(COCCNCc2ccccc2)c1. The molecule has 0 spiro atoms. The second kappa shape index (κ2) is 8.19. The summed E-state index contributed by atoms with van der Waals surface area (Å²) in [4.78, 5) is 10.9. The second-order valence-corrected chi connectivity index (χ2v) is 4.72. The topological polar surface area (TPSA) is 58.6 Å². The molecule has 0 heterocycles. The number of carbonyl (C=O) groups is 1. The lowest BCUT2D eigenvalue weighted by Gasteiger charge is -2.07. The van der Waals surface area contributed by atoms with E-state index in [0.717, 1.165) is 18.7 Å². The molecule has 0 unspecified atom stereocenters. The summed E-state index contributed by atoms with van der Waals surface area (Å²) in [6.45, 7) is 2.59. The fourth-order valence-corrected chi connectivity index (χ4v) is 1.96. The fourth-order valence-electron chi connectivity index (χ4n) is 1.96. The standard InChI is InChI=1S/C17H19NO3/c19-17(20)16-8-4-7-15(11-16)13-21-10-9-18-12-14-5-2-1-3-6-14/h1-8,11,18H,9-10,12-13H2,(H,19,20). The predicted octanol–water partition coefficient (Wildman–Crippen LogP) is 2.69. The highest BCUT2D eigenvalue weighted by Crippen LogP contribution is 2.06. The van der Waals surface area contributed by atoms with Gasteiger partial charge in [-0.2, -0.15) is 0 Å². The number of aromatic carboxylic acids is 1. The number of carboxylic acid groups (broad SMARTS) is 1. The molecular weight excluding hydrogens is 266 g/mol. The first-order chi connectivity index (χ1) is 10.3. The first kappa shape index (κ1) is 15.2. The fraction of sp³-hybridized carbons (Fsp3) is 0.235. The van der Waals surface area contributed by atoms with Crippen LogP contribution in [0, 0.1) is 0 Å². The molecule has 110 valence electrons. The number of benzene rings is 2. The lowest BCUT2D eigenvalue weighted by atomic mass is 10.1. The maximum atomic E-state index is 10.9. The van der Waals surface area contributed by atoms with Gasteiger partial charge < -0.3 is 15.2 Å². The van der Waals surface area contributed by atoms with Crippen LogP contribution in [0.2, 0.25) is 0 Å². The number of carboxylic acids is 1. The van der Waals surface area contributed by atoms with Crippen LogP contribution in [-0.4, -0.2) is 24.2 Å². The molecule has 2 aromatic carbocycles. The molecule has 0 radical (unpaired) electrons. The lowest BCUT2D eigenvalue weighted by molar-refractivity contribution is 0.0696. The van der Waals surface area contributed by atoms with Gasteiger partial charge in [-0.15, -0.1) is 0 Å². The van der Waals surface area contributed by atoms with Crippen LogP contribution in [-0.2, 0) is 17.9 Å². The van der Waals surface area contributed by atoms with Gasteiger partial charge in [0.2, 0.25) is 0 Å². The third-order valence-corrected chi connectivity index (χ3v) is 3.04. The normalized spacial score (nSPS) is 10.5. The molecule has 2 rings (SSSR count). The summed E-state index contributed by atoms with van der Waals surface area (Å²) in [6.07, 6.45) is 0. The zero-order chi connectivity index (χ0) is 14.9. The summed E-state index contributed by atoms with van der Waals surface area (Å²) in [6, 6.07) is 17.0. The van der Waals surface area contributed by atoms with Gasteiger partial charge in [0.25, 0.3) is 0 Å². The third-order valence-electron chi connectivity index (χ3n) is 3.04. The second-order valence-electron chi connectivity index (χ2n) is 4.72. The molecule has 4 nitrogen and oxygen atoms in total. The number of rotatable bonds is 8. The number of hydrogen-bond donors (Lipinski definition) is 2. The number of ether oxygens (including phenoxy) is 1. The van der Waals surface area contributed by atoms with E-state index >= 15 is 0 Å². The van der Waals surface area contributed by atoms with Gasteiger partial charge in [-0.3, -0.25) is 0 Å². The molecule has 0 aliphatic heterocycles. The maximum Gasteiger partial charge on any atom is 0.335 e. The average molecular weight is 285 g/mol. The summed E-state index contributed by atoms with van der Waals surface area (Å²) < 4.78 is 5.54. The van der Waals surface area contributed by atoms with E-state index in [1.807, 2.05) is 24.3 Å². The van der Waals surface area contributed by atoms with Gasteiger partial charge in [0.05, 0.1) is 18.8 Å². The summed E-state index contributed by atoms with van der Waals surface area (Å²) in [5, 5.41) is 12.2. The van der Waals surface area contributed by atoms with Gasteiger partial charge in [0.1, 0.15) is 0 Å². The molecule has 2 N–H and O–H groups in total. The summed E-state index contributed by atoms with van der Waals surface area (Å²) in [7, 11) is 0. The number of nitrogens with one attached hydrogen (secondary N) is 1. The zero-order valence-electron chi connectivity index (χ0n) is 11.8. The first-order valence-electron chi connectivity index (χ1n) is 6.90. The highest BCUT2D eigenvalue weighted by atomic mass is 16.5. The van der Waals surface area contributed by atoms with Crippen LogP contribution in [0.3, 0.4) is 0 Å². The molecule has 0 amide bonds. The van der Waals surface area contributed by atoms with Crippen LogP contribution >= 0.6 is 0 Å². The average Bonchev–Trinajstić information content (AvgIpc) is 2.52. The molecule has 2 aromatic rings. The Balaban J connectivity index is 1.64. The molecule has 4 heteroatoms. The minimum Gasteiger partial charge on any atom is -0.478 e. The Morgan fingerprint density at radius 3 is 2.57 bits per heavy atom. The van der Waals surface area contributed by atoms with Crippen molar-refractivity contribution in [2.45, 2.75) is 13.2 Å². The van der Waals surface area contributed by atoms with Crippen molar-refractivity contribution in [3.8, 4) is 0 Å². The molecular formula is C17H19NO3. The molecule has 0 atom stereocenters. The molecule has 0 saturated heterocycles. The summed E-state index contributed by atoms with van der Waals surface area (Å²) in [5.41, 5.74) is 2.41. The van der Waals surface area contributed by atoms with E-state index in [-0.39, 0.29) is 0 Å². The van der Waals surface area contributed by atoms with Crippen LogP contribution in [0.1, 0.15) is 21.5 Å². The first-order valence-corrected chi connectivity index (χ1v) is 6.90. The Bertz CT molecular complexity index is 569. The largest absolute Gasteiger partial charge is 0.478 e. The molecule has 0 aromatic heterocycles. The van der Waals surface area contributed by atoms with Gasteiger partial charge in [0, 0.05) is 13.1 Å². The lowest BCUT2D eigenvalue weighted by Crippen LogP contribution is -2.19. The van der Waals surface area contributed by atoms with Crippen molar-refractivity contribution in [1.82, 2.24) is 5.32 Å². The predicted molar refractivity (Wildman–Crippen MR) is 81.2 cm³/mol. The van der Waals surface area contributed by atoms with Crippen LogP contribution < -0.4 is 5.32 Å². The van der Waals surface area contributed by atoms with E-state index in [1.165, 1.54) is 5.56 Å². The van der Waals surface area contributed by atoms with Crippen LogP contribution in [0.25, 0.3) is 0 Å². The van der Waals surface area contributed by atoms with Crippen LogP contribution in [0.4, 0.5) is 0 Å². The number of hydrogen-bond acceptors (Lipinski definition) is 3. The minimum absolute atomic E-state index is 0.290. The van der Waals surface area contributed by atoms with E-state index in [1.54, 1.807) is 18.2 Å². The van der Waals surface area contributed by atoms with Crippen molar-refractivity contribution in [2.75, 3.05) is 13.2 Å². The Morgan fingerprint density at radius 1 is 1.05 bits per heavy atom. The van der Waals surface area contributed by atoms with E-state index in [4.69, 9.17) is 9.84 Å². The summed E-state index contributed by atoms with van der Waals surface area (Å²) in [5.74, 6) is -0.915. The van der Waals surface area contributed by atoms with Gasteiger partial charge in [-0.1, -0.05) is 42.5 Å². The molecule has 21 heavy (non-hydrogen) atoms. The van der Waals surface area contributed by atoms with E-state index in [2.05, 4.69) is 17.4 Å². The van der Waals surface area contributed by atoms with Gasteiger partial charge in [-0.05, 0) is 23.3 Å². The quantitative estimate of drug-likeness (QED) is 0.732. The third kappa shape index (κ3) is 5.38. The molecule has 0 aliphatic rings. The monoisotopic (exact) mass is 285 g/mol. The summed E-state index contributed by atoms with van der Waals surface area (Å²) >= 11 is 0. The minimum atomic E-state index is -0.915. The van der Waals surface area contributed by atoms with Gasteiger partial charge >= 0.3 is 5.97 Å². The molecule has 0 bridgehead atoms. The molecule has 0 saturated carbocycles. The Hall–Kier alpha value is -2.17. The highest BCUT2D eigenvalue weighted by Gasteiger charge is 2.02. The van der Waals surface area contributed by atoms with Crippen LogP contribution in [0.5, 0.6) is 0 Å². The van der Waals surface area contributed by atoms with Crippen molar-refractivity contribution < 1.29 is 14.6 Å². The van der Waals surface area contributed by atoms with Crippen molar-refractivity contribution >= 4 is 5.97 Å². The highest BCUT2D eigenvalue weighted by molar-refractivity contribution is 5.87. The smallest absolute Gasteiger partial charge is 0.335 e. The van der Waals surface area contributed by atoms with Crippen molar-refractivity contribution in [1.29, 1.82) is 0 Å². The zero-order valence-corrected chi connectivity index (χ0v) is 11.8. The Kier molecular flexibility index (Phi) is 5.94. The molecule has 0 aliphatic carbocycles. The van der Waals surface area contributed by atoms with Crippen molar-refractivity contribution in [3.63, 3.8) is 0 Å². The van der Waals surface area contributed by atoms with Crippen molar-refractivity contribution in [2.24, 2.45) is 0 Å². The molecule has 0 fully saturated rings. The van der Waals surface area contributed by atoms with Gasteiger partial charge in [0.15, 0.2) is 0 Å². The van der Waals surface area contributed by atoms with E-state index in [0.29, 0.717) is 18.8 Å². The van der Waals surface area contributed by atoms with E-state index < -0.39 is 5.97 Å². The van der Waals surface area contributed by atoms with Crippen LogP contribution in [0.15, 0.2) is 54.6 Å². The van der Waals surface area contributed by atoms with E-state index in [9.17, 15) is 4.79 Å². The van der Waals surface area contributed by atoms with Crippen molar-refractivity contribution in [3.05, 3.63) is 71.3 Å².